The molecule has 0 radical (unpaired) electrons. The smallest absolute Gasteiger partial charge is 0.227 e. The molecule has 1 aliphatic carbocycles. The standard InChI is InChI=1S/C15H17N5O/c1-11-7-8-13(20-10-16-18-19-20)9-14(11)17-15(21)12-5-3-2-4-6-12/h2-3,7-10,12H,4-6H2,1H3,(H,17,21)/t12-/m0/s1. The van der Waals surface area contributed by atoms with Gasteiger partial charge >= 0.3 is 0 Å². The summed E-state index contributed by atoms with van der Waals surface area (Å²) in [7, 11) is 0. The van der Waals surface area contributed by atoms with Gasteiger partial charge in [-0.1, -0.05) is 18.2 Å². The fourth-order valence-corrected chi connectivity index (χ4v) is 2.43. The van der Waals surface area contributed by atoms with Crippen LogP contribution < -0.4 is 5.32 Å². The molecule has 1 N–H and O–H groups in total. The summed E-state index contributed by atoms with van der Waals surface area (Å²) in [4.78, 5) is 12.3. The molecule has 1 heterocycles. The van der Waals surface area contributed by atoms with E-state index in [2.05, 4.69) is 33.0 Å². The fourth-order valence-electron chi connectivity index (χ4n) is 2.43. The molecule has 0 fully saturated rings. The average molecular weight is 283 g/mol. The Morgan fingerprint density at radius 3 is 3.00 bits per heavy atom. The van der Waals surface area contributed by atoms with Crippen LogP contribution >= 0.6 is 0 Å². The molecular weight excluding hydrogens is 266 g/mol. The third kappa shape index (κ3) is 2.99. The van der Waals surface area contributed by atoms with E-state index in [9.17, 15) is 4.79 Å². The van der Waals surface area contributed by atoms with Gasteiger partial charge in [-0.3, -0.25) is 4.79 Å². The minimum absolute atomic E-state index is 0.0612. The van der Waals surface area contributed by atoms with Crippen molar-refractivity contribution in [2.45, 2.75) is 26.2 Å². The summed E-state index contributed by atoms with van der Waals surface area (Å²) in [6, 6.07) is 5.76. The van der Waals surface area contributed by atoms with Crippen molar-refractivity contribution in [3.05, 3.63) is 42.2 Å². The lowest BCUT2D eigenvalue weighted by Gasteiger charge is -2.18. The first-order valence-corrected chi connectivity index (χ1v) is 7.04. The Morgan fingerprint density at radius 2 is 2.29 bits per heavy atom. The third-order valence-corrected chi connectivity index (χ3v) is 3.73. The molecule has 2 aromatic rings. The van der Waals surface area contributed by atoms with Crippen molar-refractivity contribution in [2.24, 2.45) is 5.92 Å². The zero-order chi connectivity index (χ0) is 14.7. The highest BCUT2D eigenvalue weighted by Crippen LogP contribution is 2.23. The summed E-state index contributed by atoms with van der Waals surface area (Å²) in [5.74, 6) is 0.141. The van der Waals surface area contributed by atoms with Crippen LogP contribution in [0.25, 0.3) is 5.69 Å². The predicted octanol–water partition coefficient (Wildman–Crippen LogP) is 2.27. The van der Waals surface area contributed by atoms with E-state index in [4.69, 9.17) is 0 Å². The zero-order valence-corrected chi connectivity index (χ0v) is 11.9. The molecule has 1 amide bonds. The summed E-state index contributed by atoms with van der Waals surface area (Å²) in [6.45, 7) is 1.97. The maximum Gasteiger partial charge on any atom is 0.227 e. The Kier molecular flexibility index (Phi) is 3.77. The highest BCUT2D eigenvalue weighted by molar-refractivity contribution is 5.93. The summed E-state index contributed by atoms with van der Waals surface area (Å²) < 4.78 is 1.57. The van der Waals surface area contributed by atoms with Crippen molar-refractivity contribution >= 4 is 11.6 Å². The first-order chi connectivity index (χ1) is 10.2. The van der Waals surface area contributed by atoms with E-state index in [1.807, 2.05) is 25.1 Å². The van der Waals surface area contributed by atoms with Crippen LogP contribution in [-0.4, -0.2) is 26.1 Å². The van der Waals surface area contributed by atoms with Gasteiger partial charge in [0.05, 0.1) is 5.69 Å². The van der Waals surface area contributed by atoms with Crippen molar-refractivity contribution in [3.8, 4) is 5.69 Å². The number of benzene rings is 1. The first-order valence-electron chi connectivity index (χ1n) is 7.04. The van der Waals surface area contributed by atoms with Crippen LogP contribution in [0.5, 0.6) is 0 Å². The Hall–Kier alpha value is -2.50. The van der Waals surface area contributed by atoms with Crippen LogP contribution in [0.15, 0.2) is 36.7 Å². The van der Waals surface area contributed by atoms with Gasteiger partial charge in [0.1, 0.15) is 6.33 Å². The number of aromatic nitrogens is 4. The van der Waals surface area contributed by atoms with Gasteiger partial charge in [0, 0.05) is 11.6 Å². The van der Waals surface area contributed by atoms with E-state index >= 15 is 0 Å². The maximum atomic E-state index is 12.3. The van der Waals surface area contributed by atoms with Gasteiger partial charge in [0.2, 0.25) is 5.91 Å². The molecule has 0 bridgehead atoms. The number of tetrazole rings is 1. The van der Waals surface area contributed by atoms with Crippen LogP contribution in [-0.2, 0) is 4.79 Å². The number of nitrogens with zero attached hydrogens (tertiary/aromatic N) is 4. The molecule has 0 spiro atoms. The molecule has 1 atom stereocenters. The van der Waals surface area contributed by atoms with E-state index in [0.717, 1.165) is 36.2 Å². The molecule has 0 saturated carbocycles. The first kappa shape index (κ1) is 13.5. The second-order valence-electron chi connectivity index (χ2n) is 5.22. The number of rotatable bonds is 3. The minimum Gasteiger partial charge on any atom is -0.326 e. The van der Waals surface area contributed by atoms with Crippen LogP contribution in [0.4, 0.5) is 5.69 Å². The van der Waals surface area contributed by atoms with Crippen LogP contribution in [0.1, 0.15) is 24.8 Å². The second-order valence-corrected chi connectivity index (χ2v) is 5.22. The van der Waals surface area contributed by atoms with Gasteiger partial charge < -0.3 is 5.32 Å². The normalized spacial score (nSPS) is 17.7. The molecule has 6 nitrogen and oxygen atoms in total. The number of hydrogen-bond acceptors (Lipinski definition) is 4. The van der Waals surface area contributed by atoms with E-state index in [1.54, 1.807) is 4.68 Å². The van der Waals surface area contributed by atoms with Gasteiger partial charge in [-0.15, -0.1) is 5.10 Å². The van der Waals surface area contributed by atoms with Gasteiger partial charge in [-0.25, -0.2) is 4.68 Å². The van der Waals surface area contributed by atoms with Crippen molar-refractivity contribution in [1.82, 2.24) is 20.2 Å². The molecular formula is C15H17N5O. The summed E-state index contributed by atoms with van der Waals surface area (Å²) >= 11 is 0. The molecule has 21 heavy (non-hydrogen) atoms. The molecule has 0 unspecified atom stereocenters. The number of aryl methyl sites for hydroxylation is 1. The van der Waals surface area contributed by atoms with Crippen molar-refractivity contribution in [1.29, 1.82) is 0 Å². The topological polar surface area (TPSA) is 72.7 Å². The van der Waals surface area contributed by atoms with E-state index < -0.39 is 0 Å². The highest BCUT2D eigenvalue weighted by Gasteiger charge is 2.19. The fraction of sp³-hybridized carbons (Fsp3) is 0.333. The lowest BCUT2D eigenvalue weighted by Crippen LogP contribution is -2.24. The Labute approximate surface area is 122 Å². The molecule has 0 aliphatic heterocycles. The number of anilines is 1. The number of hydrogen-bond donors (Lipinski definition) is 1. The highest BCUT2D eigenvalue weighted by atomic mass is 16.1. The third-order valence-electron chi connectivity index (χ3n) is 3.73. The Bertz CT molecular complexity index is 663. The predicted molar refractivity (Wildman–Crippen MR) is 79.0 cm³/mol. The summed E-state index contributed by atoms with van der Waals surface area (Å²) in [6.07, 6.45) is 8.45. The largest absolute Gasteiger partial charge is 0.326 e. The molecule has 6 heteroatoms. The van der Waals surface area contributed by atoms with Gasteiger partial charge in [0.15, 0.2) is 0 Å². The maximum absolute atomic E-state index is 12.3. The molecule has 3 rings (SSSR count). The van der Waals surface area contributed by atoms with E-state index in [0.29, 0.717) is 0 Å². The molecule has 1 aromatic heterocycles. The van der Waals surface area contributed by atoms with Gasteiger partial charge in [-0.2, -0.15) is 0 Å². The zero-order valence-electron chi connectivity index (χ0n) is 11.9. The minimum atomic E-state index is 0.0612. The Balaban J connectivity index is 1.79. The molecule has 108 valence electrons. The van der Waals surface area contributed by atoms with E-state index in [-0.39, 0.29) is 11.8 Å². The quantitative estimate of drug-likeness (QED) is 0.877. The lowest BCUT2D eigenvalue weighted by atomic mass is 9.93. The number of carbonyl (C=O) groups excluding carboxylic acids is 1. The number of amides is 1. The van der Waals surface area contributed by atoms with Crippen LogP contribution in [0, 0.1) is 12.8 Å². The second kappa shape index (κ2) is 5.87. The molecule has 0 saturated heterocycles. The van der Waals surface area contributed by atoms with Gasteiger partial charge in [0.25, 0.3) is 0 Å². The van der Waals surface area contributed by atoms with Gasteiger partial charge in [-0.05, 0) is 54.3 Å². The number of allylic oxidation sites excluding steroid dienone is 2. The van der Waals surface area contributed by atoms with E-state index in [1.165, 1.54) is 6.33 Å². The van der Waals surface area contributed by atoms with Crippen LogP contribution in [0.3, 0.4) is 0 Å². The number of nitrogens with one attached hydrogen (secondary N) is 1. The Morgan fingerprint density at radius 1 is 1.38 bits per heavy atom. The summed E-state index contributed by atoms with van der Waals surface area (Å²) in [5.41, 5.74) is 2.65. The lowest BCUT2D eigenvalue weighted by molar-refractivity contribution is -0.120. The SMILES string of the molecule is Cc1ccc(-n2cnnn2)cc1NC(=O)[C@H]1CC=CCC1. The average Bonchev–Trinajstić information content (AvgIpc) is 3.04. The van der Waals surface area contributed by atoms with Crippen molar-refractivity contribution < 1.29 is 4.79 Å². The summed E-state index contributed by atoms with van der Waals surface area (Å²) in [5, 5.41) is 14.1. The monoisotopic (exact) mass is 283 g/mol. The van der Waals surface area contributed by atoms with Crippen molar-refractivity contribution in [3.63, 3.8) is 0 Å². The molecule has 1 aromatic carbocycles. The molecule has 1 aliphatic rings. The number of carbonyl (C=O) groups is 1. The van der Waals surface area contributed by atoms with Crippen LogP contribution in [0.2, 0.25) is 0 Å². The van der Waals surface area contributed by atoms with Crippen molar-refractivity contribution in [2.75, 3.05) is 5.32 Å².